The summed E-state index contributed by atoms with van der Waals surface area (Å²) in [5, 5.41) is 7.88. The standard InChI is InChI=1S/C23H27N3O/c1-4-20(5-2)24-23(27)21-16-26(15-18-9-7-6-8-10-18)25-22(21)19-13-11-17(3)12-14-19/h6-14,16,20H,4-5,15H2,1-3H3,(H,24,27). The Labute approximate surface area is 161 Å². The number of nitrogens with one attached hydrogen (secondary N) is 1. The van der Waals surface area contributed by atoms with Crippen LogP contribution in [0.2, 0.25) is 0 Å². The van der Waals surface area contributed by atoms with Crippen molar-refractivity contribution in [3.63, 3.8) is 0 Å². The molecule has 0 bridgehead atoms. The van der Waals surface area contributed by atoms with E-state index in [1.165, 1.54) is 5.56 Å². The predicted molar refractivity (Wildman–Crippen MR) is 110 cm³/mol. The zero-order chi connectivity index (χ0) is 19.2. The van der Waals surface area contributed by atoms with Gasteiger partial charge in [0.2, 0.25) is 0 Å². The highest BCUT2D eigenvalue weighted by Crippen LogP contribution is 2.23. The highest BCUT2D eigenvalue weighted by atomic mass is 16.1. The van der Waals surface area contributed by atoms with Gasteiger partial charge in [-0.1, -0.05) is 74.0 Å². The number of carbonyl (C=O) groups excluding carboxylic acids is 1. The fourth-order valence-electron chi connectivity index (χ4n) is 3.12. The van der Waals surface area contributed by atoms with Gasteiger partial charge in [-0.25, -0.2) is 0 Å². The fraction of sp³-hybridized carbons (Fsp3) is 0.304. The van der Waals surface area contributed by atoms with E-state index < -0.39 is 0 Å². The maximum absolute atomic E-state index is 12.9. The third-order valence-electron chi connectivity index (χ3n) is 4.84. The van der Waals surface area contributed by atoms with Crippen molar-refractivity contribution in [3.05, 3.63) is 77.5 Å². The normalized spacial score (nSPS) is 11.0. The molecule has 1 N–H and O–H groups in total. The minimum absolute atomic E-state index is 0.0569. The number of rotatable bonds is 7. The van der Waals surface area contributed by atoms with Gasteiger partial charge < -0.3 is 5.32 Å². The number of carbonyl (C=O) groups is 1. The summed E-state index contributed by atoms with van der Waals surface area (Å²) in [5.74, 6) is -0.0569. The van der Waals surface area contributed by atoms with Crippen LogP contribution in [0.4, 0.5) is 0 Å². The Bertz CT molecular complexity index is 878. The highest BCUT2D eigenvalue weighted by molar-refractivity contribution is 6.00. The Morgan fingerprint density at radius 3 is 2.33 bits per heavy atom. The second-order valence-electron chi connectivity index (χ2n) is 6.93. The molecule has 3 aromatic rings. The minimum Gasteiger partial charge on any atom is -0.349 e. The van der Waals surface area contributed by atoms with Crippen molar-refractivity contribution in [2.75, 3.05) is 0 Å². The molecule has 0 aliphatic carbocycles. The molecule has 0 saturated heterocycles. The third kappa shape index (κ3) is 4.64. The molecule has 0 saturated carbocycles. The van der Waals surface area contributed by atoms with Crippen molar-refractivity contribution in [1.29, 1.82) is 0 Å². The Morgan fingerprint density at radius 1 is 1.04 bits per heavy atom. The average Bonchev–Trinajstić information content (AvgIpc) is 3.11. The Balaban J connectivity index is 1.95. The molecule has 0 fully saturated rings. The van der Waals surface area contributed by atoms with E-state index in [-0.39, 0.29) is 11.9 Å². The highest BCUT2D eigenvalue weighted by Gasteiger charge is 2.20. The van der Waals surface area contributed by atoms with Gasteiger partial charge >= 0.3 is 0 Å². The summed E-state index contributed by atoms with van der Waals surface area (Å²) in [7, 11) is 0. The van der Waals surface area contributed by atoms with Crippen LogP contribution in [0.1, 0.15) is 48.2 Å². The number of hydrogen-bond donors (Lipinski definition) is 1. The van der Waals surface area contributed by atoms with E-state index in [4.69, 9.17) is 5.10 Å². The van der Waals surface area contributed by atoms with E-state index >= 15 is 0 Å². The Morgan fingerprint density at radius 2 is 1.70 bits per heavy atom. The van der Waals surface area contributed by atoms with Crippen LogP contribution in [-0.2, 0) is 6.54 Å². The summed E-state index contributed by atoms with van der Waals surface area (Å²) < 4.78 is 1.85. The van der Waals surface area contributed by atoms with Gasteiger partial charge in [0.25, 0.3) is 5.91 Å². The van der Waals surface area contributed by atoms with Crippen LogP contribution in [0.25, 0.3) is 11.3 Å². The van der Waals surface area contributed by atoms with E-state index in [9.17, 15) is 4.79 Å². The predicted octanol–water partition coefficient (Wildman–Crippen LogP) is 4.83. The van der Waals surface area contributed by atoms with Crippen molar-refractivity contribution in [2.45, 2.75) is 46.2 Å². The van der Waals surface area contributed by atoms with Crippen molar-refractivity contribution < 1.29 is 4.79 Å². The van der Waals surface area contributed by atoms with Crippen LogP contribution in [0.3, 0.4) is 0 Å². The number of nitrogens with zero attached hydrogens (tertiary/aromatic N) is 2. The fourth-order valence-corrected chi connectivity index (χ4v) is 3.12. The lowest BCUT2D eigenvalue weighted by Gasteiger charge is -2.14. The Kier molecular flexibility index (Phi) is 6.07. The largest absolute Gasteiger partial charge is 0.349 e. The molecule has 1 aromatic heterocycles. The number of aromatic nitrogens is 2. The van der Waals surface area contributed by atoms with Gasteiger partial charge in [0.15, 0.2) is 0 Å². The van der Waals surface area contributed by atoms with Crippen LogP contribution >= 0.6 is 0 Å². The summed E-state index contributed by atoms with van der Waals surface area (Å²) in [4.78, 5) is 12.9. The first-order valence-corrected chi connectivity index (χ1v) is 9.60. The molecule has 4 heteroatoms. The average molecular weight is 361 g/mol. The molecule has 27 heavy (non-hydrogen) atoms. The molecule has 2 aromatic carbocycles. The molecule has 0 aliphatic heterocycles. The van der Waals surface area contributed by atoms with Crippen LogP contribution in [0.5, 0.6) is 0 Å². The van der Waals surface area contributed by atoms with Crippen molar-refractivity contribution in [1.82, 2.24) is 15.1 Å². The van der Waals surface area contributed by atoms with Crippen LogP contribution in [-0.4, -0.2) is 21.7 Å². The molecular weight excluding hydrogens is 334 g/mol. The second-order valence-corrected chi connectivity index (χ2v) is 6.93. The maximum atomic E-state index is 12.9. The van der Waals surface area contributed by atoms with Crippen molar-refractivity contribution >= 4 is 5.91 Å². The minimum atomic E-state index is -0.0569. The van der Waals surface area contributed by atoms with Gasteiger partial charge in [0.05, 0.1) is 12.1 Å². The van der Waals surface area contributed by atoms with E-state index in [2.05, 4.69) is 38.2 Å². The van der Waals surface area contributed by atoms with E-state index in [1.54, 1.807) is 0 Å². The molecule has 0 radical (unpaired) electrons. The molecule has 0 atom stereocenters. The van der Waals surface area contributed by atoms with Gasteiger partial charge in [-0.3, -0.25) is 9.48 Å². The molecule has 0 unspecified atom stereocenters. The van der Waals surface area contributed by atoms with Gasteiger partial charge in [-0.2, -0.15) is 5.10 Å². The molecule has 4 nitrogen and oxygen atoms in total. The van der Waals surface area contributed by atoms with Gasteiger partial charge in [-0.05, 0) is 25.3 Å². The number of benzene rings is 2. The smallest absolute Gasteiger partial charge is 0.255 e. The van der Waals surface area contributed by atoms with E-state index in [0.29, 0.717) is 12.1 Å². The zero-order valence-corrected chi connectivity index (χ0v) is 16.3. The third-order valence-corrected chi connectivity index (χ3v) is 4.84. The van der Waals surface area contributed by atoms with Gasteiger partial charge in [0.1, 0.15) is 5.69 Å². The summed E-state index contributed by atoms with van der Waals surface area (Å²) in [6, 6.07) is 18.5. The topological polar surface area (TPSA) is 46.9 Å². The summed E-state index contributed by atoms with van der Waals surface area (Å²) >= 11 is 0. The van der Waals surface area contributed by atoms with Crippen LogP contribution < -0.4 is 5.32 Å². The lowest BCUT2D eigenvalue weighted by atomic mass is 10.1. The van der Waals surface area contributed by atoms with E-state index in [1.807, 2.05) is 53.3 Å². The molecule has 3 rings (SSSR count). The Hall–Kier alpha value is -2.88. The monoisotopic (exact) mass is 361 g/mol. The first-order chi connectivity index (χ1) is 13.1. The van der Waals surface area contributed by atoms with E-state index in [0.717, 1.165) is 29.7 Å². The van der Waals surface area contributed by atoms with Gasteiger partial charge in [0, 0.05) is 17.8 Å². The maximum Gasteiger partial charge on any atom is 0.255 e. The van der Waals surface area contributed by atoms with Crippen LogP contribution in [0, 0.1) is 6.92 Å². The lowest BCUT2D eigenvalue weighted by molar-refractivity contribution is 0.0935. The van der Waals surface area contributed by atoms with Crippen molar-refractivity contribution in [2.24, 2.45) is 0 Å². The lowest BCUT2D eigenvalue weighted by Crippen LogP contribution is -2.33. The van der Waals surface area contributed by atoms with Crippen molar-refractivity contribution in [3.8, 4) is 11.3 Å². The molecule has 0 spiro atoms. The van der Waals surface area contributed by atoms with Gasteiger partial charge in [-0.15, -0.1) is 0 Å². The quantitative estimate of drug-likeness (QED) is 0.655. The molecule has 0 aliphatic rings. The zero-order valence-electron chi connectivity index (χ0n) is 16.3. The summed E-state index contributed by atoms with van der Waals surface area (Å²) in [6.07, 6.45) is 3.69. The number of hydrogen-bond acceptors (Lipinski definition) is 2. The SMILES string of the molecule is CCC(CC)NC(=O)c1cn(Cc2ccccc2)nc1-c1ccc(C)cc1. The number of aryl methyl sites for hydroxylation is 1. The summed E-state index contributed by atoms with van der Waals surface area (Å²) in [5.41, 5.74) is 4.66. The second kappa shape index (κ2) is 8.67. The first-order valence-electron chi connectivity index (χ1n) is 9.60. The molecular formula is C23H27N3O. The molecule has 1 amide bonds. The number of amides is 1. The molecule has 1 heterocycles. The molecule has 140 valence electrons. The van der Waals surface area contributed by atoms with Crippen LogP contribution in [0.15, 0.2) is 60.8 Å². The first kappa shape index (κ1) is 18.9. The summed E-state index contributed by atoms with van der Waals surface area (Å²) in [6.45, 7) is 6.87.